The van der Waals surface area contributed by atoms with Gasteiger partial charge in [0.05, 0.1) is 26.4 Å². The lowest BCUT2D eigenvalue weighted by Crippen LogP contribution is -2.30. The van der Waals surface area contributed by atoms with Crippen molar-refractivity contribution in [3.8, 4) is 0 Å². The summed E-state index contributed by atoms with van der Waals surface area (Å²) < 4.78 is 68.9. The molecule has 0 aliphatic carbocycles. The van der Waals surface area contributed by atoms with Crippen molar-refractivity contribution in [2.24, 2.45) is 0 Å². The molecule has 106 heavy (non-hydrogen) atoms. The normalized spacial score (nSPS) is 13.7. The summed E-state index contributed by atoms with van der Waals surface area (Å²) in [5.74, 6) is -2.10. The minimum Gasteiger partial charge on any atom is -0.462 e. The molecule has 0 aromatic carbocycles. The second kappa shape index (κ2) is 81.1. The Kier molecular flexibility index (Phi) is 79.6. The quantitative estimate of drug-likeness (QED) is 0.0222. The van der Waals surface area contributed by atoms with Gasteiger partial charge in [-0.3, -0.25) is 37.3 Å². The molecule has 0 aliphatic rings. The molecule has 5 atom stereocenters. The summed E-state index contributed by atoms with van der Waals surface area (Å²) in [5.41, 5.74) is 0. The molecule has 0 aliphatic heterocycles. The largest absolute Gasteiger partial charge is 0.472 e. The van der Waals surface area contributed by atoms with Crippen molar-refractivity contribution in [2.75, 3.05) is 39.6 Å². The molecule has 0 bridgehead atoms. The summed E-state index contributed by atoms with van der Waals surface area (Å²) >= 11 is 0. The summed E-state index contributed by atoms with van der Waals surface area (Å²) in [5, 5.41) is 10.7. The van der Waals surface area contributed by atoms with Crippen LogP contribution in [0.3, 0.4) is 0 Å². The van der Waals surface area contributed by atoms with Crippen molar-refractivity contribution in [2.45, 2.75) is 495 Å². The molecular weight excluding hydrogens is 1380 g/mol. The summed E-state index contributed by atoms with van der Waals surface area (Å²) in [6.45, 7) is 5.05. The van der Waals surface area contributed by atoms with Crippen LogP contribution in [0.25, 0.3) is 0 Å². The van der Waals surface area contributed by atoms with Gasteiger partial charge in [0.15, 0.2) is 12.2 Å². The Hall–Kier alpha value is -1.94. The van der Waals surface area contributed by atoms with Gasteiger partial charge in [0.25, 0.3) is 0 Å². The van der Waals surface area contributed by atoms with Gasteiger partial charge in [-0.25, -0.2) is 9.13 Å². The Morgan fingerprint density at radius 2 is 0.377 bits per heavy atom. The summed E-state index contributed by atoms with van der Waals surface area (Å²) in [6.07, 6.45) is 76.5. The van der Waals surface area contributed by atoms with Crippen LogP contribution in [0, 0.1) is 0 Å². The molecule has 0 radical (unpaired) electrons. The van der Waals surface area contributed by atoms with Crippen molar-refractivity contribution in [3.05, 3.63) is 0 Å². The predicted molar refractivity (Wildman–Crippen MR) is 437 cm³/mol. The molecule has 0 aromatic rings. The van der Waals surface area contributed by atoms with Gasteiger partial charge in [0.1, 0.15) is 19.3 Å². The van der Waals surface area contributed by atoms with Gasteiger partial charge in [-0.2, -0.15) is 0 Å². The Labute approximate surface area is 651 Å². The Bertz CT molecular complexity index is 2000. The Morgan fingerprint density at radius 3 is 0.557 bits per heavy atom. The molecule has 17 nitrogen and oxygen atoms in total. The Balaban J connectivity index is 5.21. The van der Waals surface area contributed by atoms with Crippen molar-refractivity contribution in [1.82, 2.24) is 0 Å². The third kappa shape index (κ3) is 80.1. The van der Waals surface area contributed by atoms with E-state index in [2.05, 4.69) is 27.7 Å². The number of rotatable bonds is 88. The van der Waals surface area contributed by atoms with E-state index in [1.807, 2.05) is 0 Å². The molecule has 0 spiro atoms. The van der Waals surface area contributed by atoms with E-state index in [0.717, 1.165) is 89.9 Å². The summed E-state index contributed by atoms with van der Waals surface area (Å²) in [6, 6.07) is 0. The van der Waals surface area contributed by atoms with Gasteiger partial charge in [0.2, 0.25) is 0 Å². The van der Waals surface area contributed by atoms with Gasteiger partial charge >= 0.3 is 39.5 Å². The van der Waals surface area contributed by atoms with E-state index >= 15 is 0 Å². The van der Waals surface area contributed by atoms with Crippen LogP contribution in [-0.4, -0.2) is 96.7 Å². The number of hydrogen-bond acceptors (Lipinski definition) is 15. The van der Waals surface area contributed by atoms with E-state index in [1.165, 1.54) is 308 Å². The molecule has 0 saturated carbocycles. The fraction of sp³-hybridized carbons (Fsp3) is 0.954. The third-order valence-corrected chi connectivity index (χ3v) is 22.5. The number of carbonyl (C=O) groups excluding carboxylic acids is 4. The number of ether oxygens (including phenoxy) is 4. The highest BCUT2D eigenvalue weighted by Gasteiger charge is 2.30. The first-order valence-electron chi connectivity index (χ1n) is 45.3. The van der Waals surface area contributed by atoms with E-state index in [0.29, 0.717) is 25.7 Å². The second-order valence-electron chi connectivity index (χ2n) is 31.3. The van der Waals surface area contributed by atoms with Crippen LogP contribution in [0.4, 0.5) is 0 Å². The average molecular weight is 1550 g/mol. The summed E-state index contributed by atoms with van der Waals surface area (Å²) in [7, 11) is -9.92. The van der Waals surface area contributed by atoms with Gasteiger partial charge in [-0.1, -0.05) is 426 Å². The monoisotopic (exact) mass is 1550 g/mol. The molecule has 0 saturated heterocycles. The maximum absolute atomic E-state index is 13.2. The highest BCUT2D eigenvalue weighted by molar-refractivity contribution is 7.47. The molecule has 19 heteroatoms. The predicted octanol–water partition coefficient (Wildman–Crippen LogP) is 26.9. The zero-order chi connectivity index (χ0) is 77.4. The van der Waals surface area contributed by atoms with Crippen LogP contribution in [0.15, 0.2) is 0 Å². The average Bonchev–Trinajstić information content (AvgIpc) is 0.903. The molecule has 2 unspecified atom stereocenters. The first-order chi connectivity index (χ1) is 51.7. The van der Waals surface area contributed by atoms with Crippen molar-refractivity contribution < 1.29 is 80.2 Å². The van der Waals surface area contributed by atoms with Crippen LogP contribution in [0.2, 0.25) is 0 Å². The first-order valence-corrected chi connectivity index (χ1v) is 48.3. The topological polar surface area (TPSA) is 237 Å². The number of phosphoric ester groups is 2. The smallest absolute Gasteiger partial charge is 0.462 e. The van der Waals surface area contributed by atoms with Gasteiger partial charge < -0.3 is 33.8 Å². The number of phosphoric acid groups is 2. The number of aliphatic hydroxyl groups excluding tert-OH is 1. The molecule has 0 fully saturated rings. The SMILES string of the molecule is CCCCCCCCCCCCCCCCCCCCCCCC(=O)OC[C@H](COP(=O)(O)OC[C@@H](O)COP(=O)(O)OC[C@@H](COC(=O)CCCCCCCCCCCCC)OC(=O)CCCCCCCCCCCCCCC)OC(=O)CCCCCCCCCCCCCCCCCCCCCCC. The number of unbranched alkanes of at least 4 members (excludes halogenated alkanes) is 62. The molecule has 0 aromatic heterocycles. The number of carbonyl (C=O) groups is 4. The Morgan fingerprint density at radius 1 is 0.226 bits per heavy atom. The minimum atomic E-state index is -4.97. The van der Waals surface area contributed by atoms with Crippen LogP contribution in [0.1, 0.15) is 477 Å². The van der Waals surface area contributed by atoms with Crippen LogP contribution in [-0.2, 0) is 65.4 Å². The maximum atomic E-state index is 13.2. The molecule has 0 amide bonds. The maximum Gasteiger partial charge on any atom is 0.472 e. The molecule has 0 heterocycles. The molecule has 3 N–H and O–H groups in total. The van der Waals surface area contributed by atoms with Crippen molar-refractivity contribution >= 4 is 39.5 Å². The van der Waals surface area contributed by atoms with E-state index in [-0.39, 0.29) is 25.7 Å². The minimum absolute atomic E-state index is 0.109. The van der Waals surface area contributed by atoms with E-state index in [1.54, 1.807) is 0 Å². The second-order valence-corrected chi connectivity index (χ2v) is 34.2. The van der Waals surface area contributed by atoms with E-state index < -0.39 is 97.5 Å². The number of aliphatic hydroxyl groups is 1. The lowest BCUT2D eigenvalue weighted by Gasteiger charge is -2.21. The molecule has 630 valence electrons. The zero-order valence-corrected chi connectivity index (χ0v) is 71.2. The van der Waals surface area contributed by atoms with E-state index in [9.17, 15) is 43.2 Å². The third-order valence-electron chi connectivity index (χ3n) is 20.6. The first kappa shape index (κ1) is 104. The van der Waals surface area contributed by atoms with Crippen LogP contribution >= 0.6 is 15.6 Å². The zero-order valence-electron chi connectivity index (χ0n) is 69.4. The fourth-order valence-electron chi connectivity index (χ4n) is 13.7. The number of esters is 4. The molecule has 0 rings (SSSR count). The lowest BCUT2D eigenvalue weighted by atomic mass is 10.0. The van der Waals surface area contributed by atoms with Gasteiger partial charge in [-0.15, -0.1) is 0 Å². The van der Waals surface area contributed by atoms with Crippen LogP contribution < -0.4 is 0 Å². The number of hydrogen-bond donors (Lipinski definition) is 3. The fourth-order valence-corrected chi connectivity index (χ4v) is 15.3. The summed E-state index contributed by atoms with van der Waals surface area (Å²) in [4.78, 5) is 73.2. The van der Waals surface area contributed by atoms with Crippen molar-refractivity contribution in [1.29, 1.82) is 0 Å². The van der Waals surface area contributed by atoms with Gasteiger partial charge in [0, 0.05) is 25.7 Å². The lowest BCUT2D eigenvalue weighted by molar-refractivity contribution is -0.161. The van der Waals surface area contributed by atoms with Crippen LogP contribution in [0.5, 0.6) is 0 Å². The highest BCUT2D eigenvalue weighted by Crippen LogP contribution is 2.45. The molecular formula is C87H170O17P2. The van der Waals surface area contributed by atoms with Gasteiger partial charge in [-0.05, 0) is 25.7 Å². The van der Waals surface area contributed by atoms with E-state index in [4.69, 9.17) is 37.0 Å². The highest BCUT2D eigenvalue weighted by atomic mass is 31.2. The van der Waals surface area contributed by atoms with Crippen molar-refractivity contribution in [3.63, 3.8) is 0 Å². The standard InChI is InChI=1S/C87H170O17P2/c1-5-9-13-17-21-25-29-32-34-36-38-40-42-44-46-49-52-56-60-64-68-72-85(90)98-78-83(104-87(92)74-70-66-62-58-54-50-47-45-43-41-39-37-35-33-30-26-22-18-14-10-6-2)80-102-106(95,96)100-76-81(88)75-99-105(93,94)101-79-82(77-97-84(89)71-67-63-59-55-51-28-24-20-16-12-8-4)103-86(91)73-69-65-61-57-53-48-31-27-23-19-15-11-7-3/h81-83,88H,5-80H2,1-4H3,(H,93,94)(H,95,96)/t81-,82+,83+/m0/s1.